The Kier molecular flexibility index (Phi) is 2.95. The molecule has 4 N–H and O–H groups in total. The summed E-state index contributed by atoms with van der Waals surface area (Å²) in [5.74, 6) is 0.440. The molecule has 0 atom stereocenters. The third kappa shape index (κ3) is 2.03. The lowest BCUT2D eigenvalue weighted by Crippen LogP contribution is -2.04. The van der Waals surface area contributed by atoms with Crippen molar-refractivity contribution in [2.45, 2.75) is 6.54 Å². The molecule has 3 aromatic rings. The number of aromatic nitrogens is 3. The average molecular weight is 290 g/mol. The lowest BCUT2D eigenvalue weighted by atomic mass is 10.2. The molecule has 0 aliphatic heterocycles. The molecule has 0 radical (unpaired) electrons. The van der Waals surface area contributed by atoms with Crippen LogP contribution in [-0.4, -0.2) is 20.1 Å². The monoisotopic (exact) mass is 290 g/mol. The SMILES string of the molecule is Nc1[nH]ncc1CNc1ccc2scnc2c1[N+](=O)[O-]. The van der Waals surface area contributed by atoms with Crippen LogP contribution in [0.5, 0.6) is 0 Å². The van der Waals surface area contributed by atoms with Gasteiger partial charge in [-0.05, 0) is 12.1 Å². The molecular weight excluding hydrogens is 280 g/mol. The maximum absolute atomic E-state index is 11.2. The number of hydrogen-bond acceptors (Lipinski definition) is 7. The van der Waals surface area contributed by atoms with E-state index < -0.39 is 4.92 Å². The summed E-state index contributed by atoms with van der Waals surface area (Å²) in [6.45, 7) is 0.346. The number of aromatic amines is 1. The zero-order valence-corrected chi connectivity index (χ0v) is 11.0. The molecule has 0 fully saturated rings. The highest BCUT2D eigenvalue weighted by atomic mass is 32.1. The standard InChI is InChI=1S/C11H10N6O2S/c12-11-6(4-15-16-11)3-13-7-1-2-8-9(14-5-20-8)10(7)17(18)19/h1-2,4-5,13H,3H2,(H3,12,15,16). The fourth-order valence-electron chi connectivity index (χ4n) is 1.90. The molecule has 0 bridgehead atoms. The smallest absolute Gasteiger partial charge is 0.319 e. The van der Waals surface area contributed by atoms with Crippen molar-refractivity contribution in [3.8, 4) is 0 Å². The van der Waals surface area contributed by atoms with Crippen LogP contribution in [0.25, 0.3) is 10.2 Å². The van der Waals surface area contributed by atoms with Crippen LogP contribution in [0.2, 0.25) is 0 Å². The van der Waals surface area contributed by atoms with Crippen LogP contribution in [0, 0.1) is 10.1 Å². The Hall–Kier alpha value is -2.68. The lowest BCUT2D eigenvalue weighted by molar-refractivity contribution is -0.382. The van der Waals surface area contributed by atoms with Crippen molar-refractivity contribution in [3.63, 3.8) is 0 Å². The van der Waals surface area contributed by atoms with Crippen LogP contribution >= 0.6 is 11.3 Å². The van der Waals surface area contributed by atoms with Crippen LogP contribution in [0.1, 0.15) is 5.56 Å². The molecule has 2 heterocycles. The van der Waals surface area contributed by atoms with Gasteiger partial charge < -0.3 is 11.1 Å². The van der Waals surface area contributed by atoms with Crippen molar-refractivity contribution in [3.05, 3.63) is 39.5 Å². The fraction of sp³-hybridized carbons (Fsp3) is 0.0909. The molecule has 102 valence electrons. The van der Waals surface area contributed by atoms with Crippen LogP contribution in [0.4, 0.5) is 17.2 Å². The third-order valence-electron chi connectivity index (χ3n) is 2.88. The van der Waals surface area contributed by atoms with E-state index in [-0.39, 0.29) is 5.69 Å². The van der Waals surface area contributed by atoms with Gasteiger partial charge in [-0.15, -0.1) is 11.3 Å². The number of nitro groups is 1. The molecule has 3 rings (SSSR count). The molecule has 2 aromatic heterocycles. The summed E-state index contributed by atoms with van der Waals surface area (Å²) in [7, 11) is 0. The Morgan fingerprint density at radius 3 is 3.05 bits per heavy atom. The van der Waals surface area contributed by atoms with Crippen molar-refractivity contribution < 1.29 is 4.92 Å². The minimum Gasteiger partial charge on any atom is -0.384 e. The zero-order valence-electron chi connectivity index (χ0n) is 10.2. The van der Waals surface area contributed by atoms with E-state index in [1.807, 2.05) is 0 Å². The van der Waals surface area contributed by atoms with Gasteiger partial charge >= 0.3 is 5.69 Å². The van der Waals surface area contributed by atoms with E-state index >= 15 is 0 Å². The number of nitrogens with one attached hydrogen (secondary N) is 2. The first kappa shape index (κ1) is 12.4. The molecule has 0 amide bonds. The summed E-state index contributed by atoms with van der Waals surface area (Å²) in [5.41, 5.74) is 8.80. The minimum atomic E-state index is -0.427. The Morgan fingerprint density at radius 2 is 2.35 bits per heavy atom. The van der Waals surface area contributed by atoms with E-state index in [1.165, 1.54) is 11.3 Å². The number of benzene rings is 1. The Balaban J connectivity index is 1.96. The first-order valence-electron chi connectivity index (χ1n) is 5.69. The van der Waals surface area contributed by atoms with Gasteiger partial charge in [-0.3, -0.25) is 15.2 Å². The quantitative estimate of drug-likeness (QED) is 0.499. The van der Waals surface area contributed by atoms with Gasteiger partial charge in [-0.2, -0.15) is 5.10 Å². The second kappa shape index (κ2) is 4.78. The number of H-pyrrole nitrogens is 1. The molecule has 0 aliphatic rings. The van der Waals surface area contributed by atoms with Gasteiger partial charge in [0.25, 0.3) is 0 Å². The summed E-state index contributed by atoms with van der Waals surface area (Å²) in [6, 6.07) is 3.48. The largest absolute Gasteiger partial charge is 0.384 e. The van der Waals surface area contributed by atoms with Gasteiger partial charge in [0, 0.05) is 12.1 Å². The van der Waals surface area contributed by atoms with Gasteiger partial charge in [0.1, 0.15) is 11.5 Å². The number of hydrogen-bond donors (Lipinski definition) is 3. The van der Waals surface area contributed by atoms with Gasteiger partial charge in [0.15, 0.2) is 5.52 Å². The number of anilines is 2. The summed E-state index contributed by atoms with van der Waals surface area (Å²) in [4.78, 5) is 14.9. The molecular formula is C11H10N6O2S. The van der Waals surface area contributed by atoms with Crippen molar-refractivity contribution in [1.82, 2.24) is 15.2 Å². The van der Waals surface area contributed by atoms with E-state index in [1.54, 1.807) is 23.8 Å². The Labute approximate surface area is 116 Å². The average Bonchev–Trinajstić information content (AvgIpc) is 3.03. The number of nitro benzene ring substituents is 1. The van der Waals surface area contributed by atoms with Crippen molar-refractivity contribution in [2.24, 2.45) is 0 Å². The van der Waals surface area contributed by atoms with Gasteiger partial charge in [-0.1, -0.05) is 0 Å². The molecule has 0 saturated heterocycles. The van der Waals surface area contributed by atoms with Crippen molar-refractivity contribution >= 4 is 38.7 Å². The highest BCUT2D eigenvalue weighted by Gasteiger charge is 2.20. The van der Waals surface area contributed by atoms with E-state index in [2.05, 4.69) is 20.5 Å². The summed E-state index contributed by atoms with van der Waals surface area (Å²) in [6.07, 6.45) is 1.58. The van der Waals surface area contributed by atoms with E-state index in [0.29, 0.717) is 23.6 Å². The third-order valence-corrected chi connectivity index (χ3v) is 3.67. The van der Waals surface area contributed by atoms with Gasteiger partial charge in [0.05, 0.1) is 21.3 Å². The van der Waals surface area contributed by atoms with Gasteiger partial charge in [0.2, 0.25) is 0 Å². The highest BCUT2D eigenvalue weighted by molar-refractivity contribution is 7.16. The first-order valence-corrected chi connectivity index (χ1v) is 6.57. The second-order valence-electron chi connectivity index (χ2n) is 4.08. The maximum Gasteiger partial charge on any atom is 0.319 e. The summed E-state index contributed by atoms with van der Waals surface area (Å²) in [5, 5.41) is 20.7. The number of thiazole rings is 1. The molecule has 9 heteroatoms. The number of fused-ring (bicyclic) bond motifs is 1. The number of rotatable bonds is 4. The van der Waals surface area contributed by atoms with Crippen LogP contribution in [-0.2, 0) is 6.54 Å². The number of nitrogen functional groups attached to an aromatic ring is 1. The van der Waals surface area contributed by atoms with Crippen LogP contribution in [0.3, 0.4) is 0 Å². The topological polar surface area (TPSA) is 123 Å². The molecule has 20 heavy (non-hydrogen) atoms. The van der Waals surface area contributed by atoms with Gasteiger partial charge in [-0.25, -0.2) is 4.98 Å². The Morgan fingerprint density at radius 1 is 1.50 bits per heavy atom. The first-order chi connectivity index (χ1) is 9.66. The number of nitrogens with two attached hydrogens (primary N) is 1. The molecule has 0 aliphatic carbocycles. The van der Waals surface area contributed by atoms with Crippen molar-refractivity contribution in [1.29, 1.82) is 0 Å². The molecule has 0 spiro atoms. The molecule has 0 saturated carbocycles. The normalized spacial score (nSPS) is 10.8. The molecule has 0 unspecified atom stereocenters. The van der Waals surface area contributed by atoms with Crippen molar-refractivity contribution in [2.75, 3.05) is 11.1 Å². The van der Waals surface area contributed by atoms with E-state index in [4.69, 9.17) is 5.73 Å². The Bertz CT molecular complexity index is 780. The maximum atomic E-state index is 11.2. The lowest BCUT2D eigenvalue weighted by Gasteiger charge is -2.06. The van der Waals surface area contributed by atoms with Crippen LogP contribution in [0.15, 0.2) is 23.8 Å². The minimum absolute atomic E-state index is 0.0224. The molecule has 1 aromatic carbocycles. The predicted octanol–water partition coefficient (Wildman–Crippen LogP) is 2.12. The fourth-order valence-corrected chi connectivity index (χ4v) is 2.58. The van der Waals surface area contributed by atoms with E-state index in [0.717, 1.165) is 10.3 Å². The zero-order chi connectivity index (χ0) is 14.1. The van der Waals surface area contributed by atoms with E-state index in [9.17, 15) is 10.1 Å². The molecule has 8 nitrogen and oxygen atoms in total. The second-order valence-corrected chi connectivity index (χ2v) is 4.97. The summed E-state index contributed by atoms with van der Waals surface area (Å²) >= 11 is 1.37. The summed E-state index contributed by atoms with van der Waals surface area (Å²) < 4.78 is 0.782. The number of nitrogens with zero attached hydrogens (tertiary/aromatic N) is 3. The highest BCUT2D eigenvalue weighted by Crippen LogP contribution is 2.34. The predicted molar refractivity (Wildman–Crippen MR) is 76.6 cm³/mol. The van der Waals surface area contributed by atoms with Crippen LogP contribution < -0.4 is 11.1 Å².